The van der Waals surface area contributed by atoms with Crippen LogP contribution in [0.4, 0.5) is 4.39 Å². The Morgan fingerprint density at radius 2 is 1.97 bits per heavy atom. The molecule has 0 saturated carbocycles. The molecule has 3 rings (SSSR count). The average molecular weight is 518 g/mol. The molecule has 0 radical (unpaired) electrons. The largest absolute Gasteiger partial charge is 0.367 e. The van der Waals surface area contributed by atoms with E-state index in [4.69, 9.17) is 4.74 Å². The van der Waals surface area contributed by atoms with E-state index in [1.165, 1.54) is 31.5 Å². The van der Waals surface area contributed by atoms with Gasteiger partial charge in [-0.1, -0.05) is 12.1 Å². The third-order valence-corrected chi connectivity index (χ3v) is 5.84. The molecule has 29 heavy (non-hydrogen) atoms. The molecule has 0 amide bonds. The fourth-order valence-electron chi connectivity index (χ4n) is 4.29. The quantitative estimate of drug-likeness (QED) is 0.373. The number of ether oxygens (including phenoxy) is 1. The van der Waals surface area contributed by atoms with Crippen molar-refractivity contribution in [3.63, 3.8) is 0 Å². The molecule has 0 aromatic heterocycles. The van der Waals surface area contributed by atoms with Gasteiger partial charge in [0.2, 0.25) is 0 Å². The van der Waals surface area contributed by atoms with Gasteiger partial charge in [-0.3, -0.25) is 4.99 Å². The number of likely N-dealkylation sites (tertiary alicyclic amines) is 1. The Morgan fingerprint density at radius 3 is 2.62 bits per heavy atom. The molecule has 2 saturated heterocycles. The van der Waals surface area contributed by atoms with Gasteiger partial charge in [0.1, 0.15) is 11.9 Å². The zero-order valence-electron chi connectivity index (χ0n) is 18.1. The maximum atomic E-state index is 13.3. The van der Waals surface area contributed by atoms with Crippen LogP contribution in [-0.2, 0) is 4.74 Å². The Hall–Kier alpha value is -0.930. The van der Waals surface area contributed by atoms with Gasteiger partial charge in [-0.15, -0.1) is 24.0 Å². The Morgan fingerprint density at radius 1 is 1.24 bits per heavy atom. The van der Waals surface area contributed by atoms with Crippen LogP contribution in [-0.4, -0.2) is 67.7 Å². The maximum absolute atomic E-state index is 13.3. The number of hydrogen-bond donors (Lipinski definition) is 1. The van der Waals surface area contributed by atoms with Crippen molar-refractivity contribution in [2.75, 3.05) is 39.8 Å². The molecule has 2 fully saturated rings. The van der Waals surface area contributed by atoms with Crippen LogP contribution in [0.2, 0.25) is 0 Å². The summed E-state index contributed by atoms with van der Waals surface area (Å²) in [5.74, 6) is 1.37. The summed E-state index contributed by atoms with van der Waals surface area (Å²) >= 11 is 0. The van der Waals surface area contributed by atoms with Crippen molar-refractivity contribution in [2.24, 2.45) is 10.9 Å². The molecule has 0 aliphatic carbocycles. The van der Waals surface area contributed by atoms with Crippen LogP contribution in [0.1, 0.15) is 45.3 Å². The SMILES string of the molecule is CN=C(NCC1CCCN(C(C)C)C1)N1CC(C)OC(c2ccc(F)cc2)C1.I. The molecule has 5 nitrogen and oxygen atoms in total. The van der Waals surface area contributed by atoms with Gasteiger partial charge in [-0.05, 0) is 63.8 Å². The van der Waals surface area contributed by atoms with E-state index in [2.05, 4.69) is 40.9 Å². The van der Waals surface area contributed by atoms with Crippen molar-refractivity contribution >= 4 is 29.9 Å². The van der Waals surface area contributed by atoms with Crippen molar-refractivity contribution in [1.82, 2.24) is 15.1 Å². The molecular formula is C22H36FIN4O. The predicted molar refractivity (Wildman–Crippen MR) is 127 cm³/mol. The van der Waals surface area contributed by atoms with Gasteiger partial charge < -0.3 is 19.9 Å². The summed E-state index contributed by atoms with van der Waals surface area (Å²) in [5.41, 5.74) is 1.01. The third-order valence-electron chi connectivity index (χ3n) is 5.84. The highest BCUT2D eigenvalue weighted by Gasteiger charge is 2.29. The first-order valence-electron chi connectivity index (χ1n) is 10.6. The van der Waals surface area contributed by atoms with Crippen LogP contribution in [0.15, 0.2) is 29.3 Å². The van der Waals surface area contributed by atoms with Crippen LogP contribution < -0.4 is 5.32 Å². The molecule has 0 bridgehead atoms. The molecule has 2 aliphatic rings. The number of aliphatic imine (C=N–C) groups is 1. The molecule has 1 aromatic carbocycles. The molecule has 1 N–H and O–H groups in total. The highest BCUT2D eigenvalue weighted by atomic mass is 127. The molecule has 2 heterocycles. The van der Waals surface area contributed by atoms with Gasteiger partial charge in [0.15, 0.2) is 5.96 Å². The summed E-state index contributed by atoms with van der Waals surface area (Å²) in [6.45, 7) is 11.5. The molecule has 7 heteroatoms. The van der Waals surface area contributed by atoms with Crippen LogP contribution in [0.25, 0.3) is 0 Å². The lowest BCUT2D eigenvalue weighted by Gasteiger charge is -2.40. The summed E-state index contributed by atoms with van der Waals surface area (Å²) < 4.78 is 19.4. The minimum Gasteiger partial charge on any atom is -0.367 e. The number of nitrogens with one attached hydrogen (secondary N) is 1. The summed E-state index contributed by atoms with van der Waals surface area (Å²) in [5, 5.41) is 3.60. The number of halogens is 2. The highest BCUT2D eigenvalue weighted by Crippen LogP contribution is 2.25. The standard InChI is InChI=1S/C22H35FN4O.HI/c1-16(2)26-11-5-6-18(14-26)12-25-22(24-4)27-13-17(3)28-21(15-27)19-7-9-20(23)10-8-19;/h7-10,16-18,21H,5-6,11-15H2,1-4H3,(H,24,25);1H. The zero-order chi connectivity index (χ0) is 20.1. The summed E-state index contributed by atoms with van der Waals surface area (Å²) in [4.78, 5) is 9.37. The molecule has 2 aliphatic heterocycles. The van der Waals surface area contributed by atoms with Crippen LogP contribution >= 0.6 is 24.0 Å². The third kappa shape index (κ3) is 6.79. The number of nitrogens with zero attached hydrogens (tertiary/aromatic N) is 3. The second-order valence-electron chi connectivity index (χ2n) is 8.42. The minimum absolute atomic E-state index is 0. The van der Waals surface area contributed by atoms with E-state index in [-0.39, 0.29) is 42.0 Å². The van der Waals surface area contributed by atoms with Crippen LogP contribution in [0, 0.1) is 11.7 Å². The second-order valence-corrected chi connectivity index (χ2v) is 8.42. The summed E-state index contributed by atoms with van der Waals surface area (Å²) in [6, 6.07) is 7.24. The first-order chi connectivity index (χ1) is 13.5. The first-order valence-corrected chi connectivity index (χ1v) is 10.6. The van der Waals surface area contributed by atoms with Crippen molar-refractivity contribution in [3.8, 4) is 0 Å². The second kappa shape index (κ2) is 11.5. The average Bonchev–Trinajstić information content (AvgIpc) is 2.69. The molecule has 0 spiro atoms. The number of rotatable bonds is 4. The topological polar surface area (TPSA) is 40.1 Å². The first kappa shape index (κ1) is 24.3. The fraction of sp³-hybridized carbons (Fsp3) is 0.682. The number of hydrogen-bond acceptors (Lipinski definition) is 3. The van der Waals surface area contributed by atoms with Crippen molar-refractivity contribution in [2.45, 2.75) is 51.9 Å². The maximum Gasteiger partial charge on any atom is 0.193 e. The lowest BCUT2D eigenvalue weighted by atomic mass is 9.97. The number of piperidine rings is 1. The predicted octanol–water partition coefficient (Wildman–Crippen LogP) is 3.90. The minimum atomic E-state index is -0.218. The molecule has 1 aromatic rings. The van der Waals surface area contributed by atoms with Gasteiger partial charge >= 0.3 is 0 Å². The van der Waals surface area contributed by atoms with E-state index < -0.39 is 0 Å². The van der Waals surface area contributed by atoms with Crippen molar-refractivity contribution in [3.05, 3.63) is 35.6 Å². The van der Waals surface area contributed by atoms with E-state index in [9.17, 15) is 4.39 Å². The van der Waals surface area contributed by atoms with Crippen molar-refractivity contribution in [1.29, 1.82) is 0 Å². The van der Waals surface area contributed by atoms with E-state index in [0.29, 0.717) is 12.0 Å². The Kier molecular flexibility index (Phi) is 9.62. The van der Waals surface area contributed by atoms with Crippen molar-refractivity contribution < 1.29 is 9.13 Å². The molecular weight excluding hydrogens is 482 g/mol. The molecule has 164 valence electrons. The van der Waals surface area contributed by atoms with Gasteiger partial charge in [0, 0.05) is 32.7 Å². The molecule has 3 atom stereocenters. The monoisotopic (exact) mass is 518 g/mol. The number of benzene rings is 1. The summed E-state index contributed by atoms with van der Waals surface area (Å²) in [6.07, 6.45) is 2.55. The number of morpholine rings is 1. The normalized spacial score (nSPS) is 26.3. The highest BCUT2D eigenvalue weighted by molar-refractivity contribution is 14.0. The lowest BCUT2D eigenvalue weighted by Crippen LogP contribution is -2.52. The van der Waals surface area contributed by atoms with E-state index in [0.717, 1.165) is 37.7 Å². The Labute approximate surface area is 192 Å². The van der Waals surface area contributed by atoms with E-state index in [1.807, 2.05) is 19.2 Å². The van der Waals surface area contributed by atoms with Gasteiger partial charge in [-0.2, -0.15) is 0 Å². The van der Waals surface area contributed by atoms with E-state index in [1.54, 1.807) is 0 Å². The lowest BCUT2D eigenvalue weighted by molar-refractivity contribution is -0.0605. The zero-order valence-corrected chi connectivity index (χ0v) is 20.4. The smallest absolute Gasteiger partial charge is 0.193 e. The Balaban J connectivity index is 0.00000300. The van der Waals surface area contributed by atoms with E-state index >= 15 is 0 Å². The summed E-state index contributed by atoms with van der Waals surface area (Å²) in [7, 11) is 1.84. The fourth-order valence-corrected chi connectivity index (χ4v) is 4.29. The van der Waals surface area contributed by atoms with Crippen LogP contribution in [0.5, 0.6) is 0 Å². The Bertz CT molecular complexity index is 655. The van der Waals surface area contributed by atoms with Gasteiger partial charge in [0.25, 0.3) is 0 Å². The van der Waals surface area contributed by atoms with Crippen LogP contribution in [0.3, 0.4) is 0 Å². The molecule has 3 unspecified atom stereocenters. The van der Waals surface area contributed by atoms with Gasteiger partial charge in [0.05, 0.1) is 12.6 Å². The van der Waals surface area contributed by atoms with Gasteiger partial charge in [-0.25, -0.2) is 4.39 Å². The number of guanidine groups is 1.